The summed E-state index contributed by atoms with van der Waals surface area (Å²) in [5.74, 6) is 0.819. The Balaban J connectivity index is 1.91. The number of carbonyl (C=O) groups excluding carboxylic acids is 3. The zero-order valence-corrected chi connectivity index (χ0v) is 21.1. The predicted octanol–water partition coefficient (Wildman–Crippen LogP) is 3.56. The van der Waals surface area contributed by atoms with Gasteiger partial charge in [-0.15, -0.1) is 0 Å². The van der Waals surface area contributed by atoms with Crippen LogP contribution in [0.15, 0.2) is 18.2 Å². The molecule has 0 spiro atoms. The van der Waals surface area contributed by atoms with Crippen molar-refractivity contribution in [1.82, 2.24) is 9.80 Å². The summed E-state index contributed by atoms with van der Waals surface area (Å²) < 4.78 is 11.9. The normalized spacial score (nSPS) is 23.9. The minimum atomic E-state index is -0.214. The molecule has 0 saturated heterocycles. The van der Waals surface area contributed by atoms with E-state index >= 15 is 0 Å². The molecule has 0 bridgehead atoms. The van der Waals surface area contributed by atoms with Crippen molar-refractivity contribution in [2.75, 3.05) is 39.2 Å². The molecule has 0 radical (unpaired) electrons. The van der Waals surface area contributed by atoms with Crippen molar-refractivity contribution in [2.45, 2.75) is 65.0 Å². The molecule has 8 nitrogen and oxygen atoms in total. The lowest BCUT2D eigenvalue weighted by Gasteiger charge is -2.36. The highest BCUT2D eigenvalue weighted by atomic mass is 16.5. The molecule has 3 amide bonds. The first kappa shape index (κ1) is 26.0. The Hall–Kier alpha value is -2.61. The highest BCUT2D eigenvalue weighted by molar-refractivity contribution is 5.98. The molecule has 1 N–H and O–H groups in total. The van der Waals surface area contributed by atoms with Gasteiger partial charge in [0.15, 0.2) is 0 Å². The second-order valence-corrected chi connectivity index (χ2v) is 9.80. The first-order valence-corrected chi connectivity index (χ1v) is 12.4. The van der Waals surface area contributed by atoms with Crippen molar-refractivity contribution in [3.63, 3.8) is 0 Å². The third kappa shape index (κ3) is 6.72. The average Bonchev–Trinajstić information content (AvgIpc) is 3.62. The zero-order valence-electron chi connectivity index (χ0n) is 21.1. The molecular formula is C26H39N3O5. The van der Waals surface area contributed by atoms with Gasteiger partial charge in [0.25, 0.3) is 5.91 Å². The van der Waals surface area contributed by atoms with E-state index in [1.165, 1.54) is 0 Å². The van der Waals surface area contributed by atoms with Crippen LogP contribution in [0.3, 0.4) is 0 Å². The molecule has 1 heterocycles. The van der Waals surface area contributed by atoms with Crippen molar-refractivity contribution in [3.8, 4) is 5.75 Å². The molecular weight excluding hydrogens is 434 g/mol. The third-order valence-electron chi connectivity index (χ3n) is 6.69. The molecule has 34 heavy (non-hydrogen) atoms. The number of likely N-dealkylation sites (N-methyl/N-ethyl adjacent to an activating group) is 1. The fourth-order valence-electron chi connectivity index (χ4n) is 4.33. The minimum Gasteiger partial charge on any atom is -0.491 e. The van der Waals surface area contributed by atoms with Gasteiger partial charge in [-0.2, -0.15) is 0 Å². The van der Waals surface area contributed by atoms with Gasteiger partial charge in [-0.05, 0) is 44.2 Å². The van der Waals surface area contributed by atoms with Gasteiger partial charge in [-0.3, -0.25) is 14.4 Å². The molecule has 0 aromatic heterocycles. The molecule has 2 aliphatic rings. The largest absolute Gasteiger partial charge is 0.491 e. The molecule has 1 aliphatic carbocycles. The van der Waals surface area contributed by atoms with E-state index in [-0.39, 0.29) is 42.4 Å². The summed E-state index contributed by atoms with van der Waals surface area (Å²) in [6, 6.07) is 4.93. The molecule has 188 valence electrons. The van der Waals surface area contributed by atoms with Crippen LogP contribution < -0.4 is 10.1 Å². The van der Waals surface area contributed by atoms with Crippen LogP contribution in [0.1, 0.15) is 63.2 Å². The van der Waals surface area contributed by atoms with Crippen LogP contribution in [0.5, 0.6) is 5.75 Å². The topological polar surface area (TPSA) is 88.2 Å². The standard InChI is InChI=1S/C26H39N3O5/c1-6-7-24(30)27-20-10-11-21-22(13-20)34-16-18(3)29(25(31)12-19-8-9-19)14-17(2)23(33-5)15-28(4)26(21)32/h10-11,13,17-19,23H,6-9,12,14-16H2,1-5H3,(H,27,30)/t17-,18-,23+/m0/s1. The first-order chi connectivity index (χ1) is 16.2. The van der Waals surface area contributed by atoms with Gasteiger partial charge in [0.1, 0.15) is 12.4 Å². The van der Waals surface area contributed by atoms with E-state index in [0.29, 0.717) is 48.8 Å². The van der Waals surface area contributed by atoms with Crippen molar-refractivity contribution >= 4 is 23.4 Å². The van der Waals surface area contributed by atoms with E-state index in [1.54, 1.807) is 37.3 Å². The number of hydrogen-bond acceptors (Lipinski definition) is 5. The van der Waals surface area contributed by atoms with E-state index < -0.39 is 0 Å². The molecule has 1 fully saturated rings. The van der Waals surface area contributed by atoms with Crippen LogP contribution in [0.2, 0.25) is 0 Å². The predicted molar refractivity (Wildman–Crippen MR) is 131 cm³/mol. The Morgan fingerprint density at radius 1 is 1.21 bits per heavy atom. The fourth-order valence-corrected chi connectivity index (χ4v) is 4.33. The summed E-state index contributed by atoms with van der Waals surface area (Å²) in [4.78, 5) is 42.0. The number of fused-ring (bicyclic) bond motifs is 1. The van der Waals surface area contributed by atoms with E-state index in [9.17, 15) is 14.4 Å². The summed E-state index contributed by atoms with van der Waals surface area (Å²) in [7, 11) is 3.39. The molecule has 1 aliphatic heterocycles. The molecule has 3 atom stereocenters. The number of hydrogen-bond donors (Lipinski definition) is 1. The Kier molecular flexibility index (Phi) is 8.94. The summed E-state index contributed by atoms with van der Waals surface area (Å²) >= 11 is 0. The fraction of sp³-hybridized carbons (Fsp3) is 0.654. The smallest absolute Gasteiger partial charge is 0.257 e. The molecule has 1 aromatic carbocycles. The number of anilines is 1. The van der Waals surface area contributed by atoms with Crippen molar-refractivity contribution in [1.29, 1.82) is 0 Å². The zero-order chi connectivity index (χ0) is 24.8. The van der Waals surface area contributed by atoms with Gasteiger partial charge in [-0.1, -0.05) is 13.8 Å². The lowest BCUT2D eigenvalue weighted by molar-refractivity contribution is -0.135. The highest BCUT2D eigenvalue weighted by Crippen LogP contribution is 2.33. The number of ether oxygens (including phenoxy) is 2. The maximum atomic E-state index is 13.3. The molecule has 1 aromatic rings. The van der Waals surface area contributed by atoms with Crippen molar-refractivity contribution in [3.05, 3.63) is 23.8 Å². The summed E-state index contributed by atoms with van der Waals surface area (Å²) in [6.07, 6.45) is 3.76. The van der Waals surface area contributed by atoms with E-state index in [4.69, 9.17) is 9.47 Å². The minimum absolute atomic E-state index is 0.0425. The van der Waals surface area contributed by atoms with Gasteiger partial charge in [-0.25, -0.2) is 0 Å². The maximum Gasteiger partial charge on any atom is 0.257 e. The van der Waals surface area contributed by atoms with Gasteiger partial charge in [0, 0.05) is 57.8 Å². The first-order valence-electron chi connectivity index (χ1n) is 12.4. The summed E-state index contributed by atoms with van der Waals surface area (Å²) in [5, 5.41) is 2.87. The SMILES string of the molecule is CCCC(=O)Nc1ccc2c(c1)OC[C@H](C)N(C(=O)CC1CC1)C[C@H](C)[C@H](OC)CN(C)C2=O. The van der Waals surface area contributed by atoms with E-state index in [0.717, 1.165) is 19.3 Å². The van der Waals surface area contributed by atoms with Crippen molar-refractivity contribution < 1.29 is 23.9 Å². The third-order valence-corrected chi connectivity index (χ3v) is 6.69. The van der Waals surface area contributed by atoms with E-state index in [1.807, 2.05) is 18.7 Å². The Morgan fingerprint density at radius 3 is 2.59 bits per heavy atom. The number of carbonyl (C=O) groups is 3. The lowest BCUT2D eigenvalue weighted by atomic mass is 10.0. The van der Waals surface area contributed by atoms with Crippen LogP contribution in [-0.4, -0.2) is 73.5 Å². The van der Waals surface area contributed by atoms with Gasteiger partial charge in [0.2, 0.25) is 11.8 Å². The number of amides is 3. The van der Waals surface area contributed by atoms with Crippen LogP contribution in [-0.2, 0) is 14.3 Å². The van der Waals surface area contributed by atoms with Gasteiger partial charge >= 0.3 is 0 Å². The summed E-state index contributed by atoms with van der Waals surface area (Å²) in [5.41, 5.74) is 1.000. The van der Waals surface area contributed by atoms with Crippen LogP contribution in [0.4, 0.5) is 5.69 Å². The highest BCUT2D eigenvalue weighted by Gasteiger charge is 2.33. The second-order valence-electron chi connectivity index (χ2n) is 9.80. The van der Waals surface area contributed by atoms with E-state index in [2.05, 4.69) is 12.2 Å². The number of nitrogens with one attached hydrogen (secondary N) is 1. The average molecular weight is 474 g/mol. The Morgan fingerprint density at radius 2 is 1.94 bits per heavy atom. The van der Waals surface area contributed by atoms with Gasteiger partial charge < -0.3 is 24.6 Å². The Labute approximate surface area is 202 Å². The number of benzene rings is 1. The monoisotopic (exact) mass is 473 g/mol. The molecule has 8 heteroatoms. The molecule has 1 saturated carbocycles. The second kappa shape index (κ2) is 11.7. The quantitative estimate of drug-likeness (QED) is 0.683. The van der Waals surface area contributed by atoms with Gasteiger partial charge in [0.05, 0.1) is 17.7 Å². The van der Waals surface area contributed by atoms with Crippen LogP contribution >= 0.6 is 0 Å². The number of rotatable bonds is 6. The number of methoxy groups -OCH3 is 1. The lowest BCUT2D eigenvalue weighted by Crippen LogP contribution is -2.48. The molecule has 0 unspecified atom stereocenters. The Bertz CT molecular complexity index is 885. The number of nitrogens with zero attached hydrogens (tertiary/aromatic N) is 2. The van der Waals surface area contributed by atoms with Crippen molar-refractivity contribution in [2.24, 2.45) is 11.8 Å². The van der Waals surface area contributed by atoms with Crippen LogP contribution in [0, 0.1) is 11.8 Å². The molecule has 3 rings (SSSR count). The summed E-state index contributed by atoms with van der Waals surface area (Å²) in [6.45, 7) is 7.16. The maximum absolute atomic E-state index is 13.3. The van der Waals surface area contributed by atoms with Crippen LogP contribution in [0.25, 0.3) is 0 Å².